The molecule has 0 aliphatic heterocycles. The average Bonchev–Trinajstić information content (AvgIpc) is 3.14. The molecular weight excluding hydrogens is 637 g/mol. The van der Waals surface area contributed by atoms with Gasteiger partial charge in [0.1, 0.15) is 0 Å². The number of hydrogen-bond donors (Lipinski definition) is 0. The van der Waals surface area contributed by atoms with Gasteiger partial charge in [-0.15, -0.1) is 0 Å². The highest BCUT2D eigenvalue weighted by Gasteiger charge is 2.43. The first-order valence-corrected chi connectivity index (χ1v) is 21.3. The van der Waals surface area contributed by atoms with Gasteiger partial charge in [-0.1, -0.05) is 207 Å². The van der Waals surface area contributed by atoms with Gasteiger partial charge in [-0.3, -0.25) is 0 Å². The van der Waals surface area contributed by atoms with Crippen molar-refractivity contribution in [3.63, 3.8) is 0 Å². The average molecular weight is 719 g/mol. The molecule has 0 N–H and O–H groups in total. The van der Waals surface area contributed by atoms with Crippen molar-refractivity contribution in [2.75, 3.05) is 0 Å². The summed E-state index contributed by atoms with van der Waals surface area (Å²) in [7, 11) is 0. The number of unbranched alkanes of at least 4 members (excludes halogenated alkanes) is 2. The second-order valence-electron chi connectivity index (χ2n) is 17.0. The summed E-state index contributed by atoms with van der Waals surface area (Å²) in [5.74, 6) is 2.18. The Morgan fingerprint density at radius 2 is 1.11 bits per heavy atom. The number of rotatable bonds is 8. The minimum absolute atomic E-state index is 0.187. The van der Waals surface area contributed by atoms with Gasteiger partial charge in [-0.2, -0.15) is 0 Å². The van der Waals surface area contributed by atoms with Gasteiger partial charge in [0.15, 0.2) is 0 Å². The molecule has 3 aromatic rings. The van der Waals surface area contributed by atoms with Crippen molar-refractivity contribution in [3.8, 4) is 0 Å². The summed E-state index contributed by atoms with van der Waals surface area (Å²) in [5.41, 5.74) is 11.9. The van der Waals surface area contributed by atoms with Crippen molar-refractivity contribution < 1.29 is 0 Å². The molecule has 2 aliphatic rings. The third kappa shape index (κ3) is 17.3. The number of hydrogen-bond acceptors (Lipinski definition) is 0. The fraction of sp³-hybridized carbons (Fsp3) is 0.547. The molecule has 5 rings (SSSR count). The molecule has 0 spiro atoms. The van der Waals surface area contributed by atoms with Crippen molar-refractivity contribution in [2.45, 2.75) is 167 Å². The van der Waals surface area contributed by atoms with E-state index in [-0.39, 0.29) is 10.8 Å². The lowest BCUT2D eigenvalue weighted by Gasteiger charge is -2.47. The van der Waals surface area contributed by atoms with E-state index in [2.05, 4.69) is 187 Å². The highest BCUT2D eigenvalue weighted by molar-refractivity contribution is 5.37. The highest BCUT2D eigenvalue weighted by atomic mass is 14.5. The zero-order valence-electron chi connectivity index (χ0n) is 37.3. The van der Waals surface area contributed by atoms with E-state index >= 15 is 0 Å². The molecule has 0 nitrogen and oxygen atoms in total. The van der Waals surface area contributed by atoms with Gasteiger partial charge < -0.3 is 0 Å². The van der Waals surface area contributed by atoms with Crippen LogP contribution in [-0.4, -0.2) is 0 Å². The summed E-state index contributed by atoms with van der Waals surface area (Å²) in [5, 5.41) is 0. The Morgan fingerprint density at radius 1 is 0.679 bits per heavy atom. The SMILES string of the molecule is CC.CC1=CC(C)C(C)=CC1.CCCCc1ccc(C)cc1.CCCCc1ccc(C)cc1.Cc1ccc([C@@]2(C(C)(C)C)C=CC(C(C)C)CC2)cc1. The molecule has 294 valence electrons. The van der Waals surface area contributed by atoms with E-state index in [4.69, 9.17) is 0 Å². The summed E-state index contributed by atoms with van der Waals surface area (Å²) in [4.78, 5) is 0. The minimum Gasteiger partial charge on any atom is -0.0843 e. The van der Waals surface area contributed by atoms with E-state index in [1.54, 1.807) is 0 Å². The van der Waals surface area contributed by atoms with E-state index in [0.29, 0.717) is 5.92 Å². The number of aryl methyl sites for hydroxylation is 5. The van der Waals surface area contributed by atoms with E-state index in [0.717, 1.165) is 18.3 Å². The van der Waals surface area contributed by atoms with E-state index in [9.17, 15) is 0 Å². The molecule has 2 unspecified atom stereocenters. The van der Waals surface area contributed by atoms with Crippen LogP contribution in [0.3, 0.4) is 0 Å². The molecule has 0 saturated carbocycles. The van der Waals surface area contributed by atoms with Crippen LogP contribution in [0.25, 0.3) is 0 Å². The monoisotopic (exact) mass is 719 g/mol. The highest BCUT2D eigenvalue weighted by Crippen LogP contribution is 2.50. The normalized spacial score (nSPS) is 19.1. The Balaban J connectivity index is 0.000000367. The molecule has 2 aliphatic carbocycles. The summed E-state index contributed by atoms with van der Waals surface area (Å²) in [6.07, 6.45) is 21.1. The van der Waals surface area contributed by atoms with E-state index < -0.39 is 0 Å². The zero-order valence-corrected chi connectivity index (χ0v) is 37.3. The molecule has 0 heterocycles. The quantitative estimate of drug-likeness (QED) is 0.203. The first kappa shape index (κ1) is 47.9. The lowest BCUT2D eigenvalue weighted by atomic mass is 9.57. The summed E-state index contributed by atoms with van der Waals surface area (Å²) in [6.45, 7) is 33.3. The Kier molecular flexibility index (Phi) is 22.6. The summed E-state index contributed by atoms with van der Waals surface area (Å²) < 4.78 is 0. The third-order valence-corrected chi connectivity index (χ3v) is 11.1. The van der Waals surface area contributed by atoms with Crippen LogP contribution in [0.15, 0.2) is 108 Å². The molecule has 0 aromatic heterocycles. The molecule has 0 amide bonds. The smallest absolute Gasteiger partial charge is 0.0181 e. The van der Waals surface area contributed by atoms with Gasteiger partial charge in [0.05, 0.1) is 0 Å². The van der Waals surface area contributed by atoms with Crippen LogP contribution in [0.2, 0.25) is 0 Å². The summed E-state index contributed by atoms with van der Waals surface area (Å²) >= 11 is 0. The number of benzene rings is 3. The standard InChI is InChI=1S/C20H30.2C11H16.C9H14.C2H6/c1-15(2)17-11-13-20(14-12-17,19(4,5)6)18-9-7-16(3)8-10-18;2*1-3-4-5-11-8-6-10(2)7-9-11;1-7-4-5-8(2)9(3)6-7;1-2/h7-11,13,15,17H,12,14H2,1-6H3;2*6-9H,3-5H2,1-2H3;5-6,9H,4H2,1-3H3;1-2H3/t17?,20-;;;;/m1..../s1. The van der Waals surface area contributed by atoms with Crippen molar-refractivity contribution in [1.82, 2.24) is 0 Å². The van der Waals surface area contributed by atoms with Gasteiger partial charge in [0.2, 0.25) is 0 Å². The maximum atomic E-state index is 2.52. The predicted molar refractivity (Wildman–Crippen MR) is 241 cm³/mol. The van der Waals surface area contributed by atoms with Crippen LogP contribution in [0.4, 0.5) is 0 Å². The van der Waals surface area contributed by atoms with Crippen molar-refractivity contribution in [2.24, 2.45) is 23.2 Å². The molecule has 3 aromatic carbocycles. The Bertz CT molecular complexity index is 1420. The Morgan fingerprint density at radius 3 is 1.43 bits per heavy atom. The van der Waals surface area contributed by atoms with E-state index in [1.165, 1.54) is 95.9 Å². The van der Waals surface area contributed by atoms with Gasteiger partial charge in [0.25, 0.3) is 0 Å². The lowest BCUT2D eigenvalue weighted by Crippen LogP contribution is -2.41. The topological polar surface area (TPSA) is 0 Å². The second-order valence-corrected chi connectivity index (χ2v) is 17.0. The molecule has 53 heavy (non-hydrogen) atoms. The first-order valence-electron chi connectivity index (χ1n) is 21.3. The van der Waals surface area contributed by atoms with Crippen molar-refractivity contribution >= 4 is 0 Å². The zero-order chi connectivity index (χ0) is 40.0. The van der Waals surface area contributed by atoms with Crippen LogP contribution in [0, 0.1) is 43.9 Å². The van der Waals surface area contributed by atoms with Crippen LogP contribution in [0.5, 0.6) is 0 Å². The summed E-state index contributed by atoms with van der Waals surface area (Å²) in [6, 6.07) is 26.8. The Hall–Kier alpha value is -3.12. The molecule has 0 fully saturated rings. The van der Waals surface area contributed by atoms with Gasteiger partial charge in [0, 0.05) is 5.41 Å². The Labute approximate surface area is 330 Å². The fourth-order valence-corrected chi connectivity index (χ4v) is 6.97. The molecule has 0 bridgehead atoms. The third-order valence-electron chi connectivity index (χ3n) is 11.1. The van der Waals surface area contributed by atoms with Crippen LogP contribution in [-0.2, 0) is 18.3 Å². The van der Waals surface area contributed by atoms with Crippen LogP contribution < -0.4 is 0 Å². The largest absolute Gasteiger partial charge is 0.0843 e. The van der Waals surface area contributed by atoms with Crippen molar-refractivity contribution in [1.29, 1.82) is 0 Å². The minimum atomic E-state index is 0.187. The molecule has 0 saturated heterocycles. The van der Waals surface area contributed by atoms with Gasteiger partial charge >= 0.3 is 0 Å². The van der Waals surface area contributed by atoms with Gasteiger partial charge in [-0.25, -0.2) is 0 Å². The van der Waals surface area contributed by atoms with Crippen LogP contribution >= 0.6 is 0 Å². The lowest BCUT2D eigenvalue weighted by molar-refractivity contribution is 0.192. The van der Waals surface area contributed by atoms with Crippen LogP contribution in [0.1, 0.15) is 161 Å². The van der Waals surface area contributed by atoms with Crippen molar-refractivity contribution in [3.05, 3.63) is 142 Å². The molecular formula is C53H82. The maximum absolute atomic E-state index is 2.52. The maximum Gasteiger partial charge on any atom is 0.0181 e. The number of allylic oxidation sites excluding steroid dienone is 6. The second kappa shape index (κ2) is 25.1. The molecule has 0 radical (unpaired) electrons. The van der Waals surface area contributed by atoms with Gasteiger partial charge in [-0.05, 0) is 119 Å². The molecule has 3 atom stereocenters. The first-order chi connectivity index (χ1) is 25.1. The predicted octanol–water partition coefficient (Wildman–Crippen LogP) is 16.5. The fourth-order valence-electron chi connectivity index (χ4n) is 6.97. The molecule has 0 heteroatoms. The van der Waals surface area contributed by atoms with E-state index in [1.807, 2.05) is 13.8 Å².